The van der Waals surface area contributed by atoms with Crippen molar-refractivity contribution in [3.63, 3.8) is 0 Å². The van der Waals surface area contributed by atoms with E-state index in [4.69, 9.17) is 11.6 Å². The first-order chi connectivity index (χ1) is 4.81. The summed E-state index contributed by atoms with van der Waals surface area (Å²) in [7, 11) is 0. The van der Waals surface area contributed by atoms with Crippen molar-refractivity contribution >= 4 is 17.5 Å². The molecule has 2 nitrogen and oxygen atoms in total. The molecular formula is C7H12ClNO. The molecule has 0 atom stereocenters. The van der Waals surface area contributed by atoms with E-state index >= 15 is 0 Å². The highest BCUT2D eigenvalue weighted by Gasteiger charge is 1.96. The zero-order valence-corrected chi connectivity index (χ0v) is 6.66. The molecule has 0 aliphatic rings. The Bertz CT molecular complexity index is 114. The second-order valence-electron chi connectivity index (χ2n) is 1.89. The predicted octanol–water partition coefficient (Wildman–Crippen LogP) is 1.31. The highest BCUT2D eigenvalue weighted by Crippen LogP contribution is 1.90. The van der Waals surface area contributed by atoms with Gasteiger partial charge in [-0.3, -0.25) is 4.79 Å². The third kappa shape index (κ3) is 5.63. The lowest BCUT2D eigenvalue weighted by molar-refractivity contribution is -0.120. The molecule has 10 heavy (non-hydrogen) atoms. The quantitative estimate of drug-likeness (QED) is 0.478. The number of halogens is 1. The first-order valence-electron chi connectivity index (χ1n) is 3.24. The van der Waals surface area contributed by atoms with E-state index in [1.165, 1.54) is 0 Å². The number of hydrogen-bond donors (Lipinski definition) is 1. The van der Waals surface area contributed by atoms with E-state index in [0.29, 0.717) is 18.8 Å². The Balaban J connectivity index is 3.16. The molecule has 0 unspecified atom stereocenters. The van der Waals surface area contributed by atoms with Crippen LogP contribution in [-0.2, 0) is 4.79 Å². The highest BCUT2D eigenvalue weighted by molar-refractivity contribution is 6.17. The standard InChI is InChI=1S/C7H12ClNO/c1-2-6-9-7(10)4-3-5-8/h2H,1,3-6H2,(H,9,10). The first-order valence-corrected chi connectivity index (χ1v) is 3.78. The Kier molecular flexibility index (Phi) is 6.29. The summed E-state index contributed by atoms with van der Waals surface area (Å²) < 4.78 is 0. The van der Waals surface area contributed by atoms with Crippen molar-refractivity contribution in [1.82, 2.24) is 5.32 Å². The van der Waals surface area contributed by atoms with E-state index in [-0.39, 0.29) is 5.91 Å². The van der Waals surface area contributed by atoms with Gasteiger partial charge in [-0.25, -0.2) is 0 Å². The molecule has 0 fully saturated rings. The minimum Gasteiger partial charge on any atom is -0.353 e. The summed E-state index contributed by atoms with van der Waals surface area (Å²) in [5.74, 6) is 0.585. The van der Waals surface area contributed by atoms with Gasteiger partial charge >= 0.3 is 0 Å². The van der Waals surface area contributed by atoms with Crippen LogP contribution < -0.4 is 5.32 Å². The van der Waals surface area contributed by atoms with Crippen molar-refractivity contribution in [2.45, 2.75) is 12.8 Å². The van der Waals surface area contributed by atoms with Gasteiger partial charge in [0.1, 0.15) is 0 Å². The second kappa shape index (κ2) is 6.62. The second-order valence-corrected chi connectivity index (χ2v) is 2.26. The number of rotatable bonds is 5. The van der Waals surface area contributed by atoms with Crippen molar-refractivity contribution < 1.29 is 4.79 Å². The molecule has 0 bridgehead atoms. The monoisotopic (exact) mass is 161 g/mol. The molecule has 0 radical (unpaired) electrons. The Hall–Kier alpha value is -0.500. The van der Waals surface area contributed by atoms with E-state index in [1.807, 2.05) is 0 Å². The predicted molar refractivity (Wildman–Crippen MR) is 43.2 cm³/mol. The van der Waals surface area contributed by atoms with Gasteiger partial charge in [-0.1, -0.05) is 6.08 Å². The lowest BCUT2D eigenvalue weighted by Gasteiger charge is -1.98. The maximum Gasteiger partial charge on any atom is 0.220 e. The fraction of sp³-hybridized carbons (Fsp3) is 0.571. The van der Waals surface area contributed by atoms with E-state index in [1.54, 1.807) is 6.08 Å². The molecule has 0 spiro atoms. The molecule has 0 aliphatic heterocycles. The van der Waals surface area contributed by atoms with Crippen LogP contribution in [0.2, 0.25) is 0 Å². The first kappa shape index (κ1) is 9.50. The fourth-order valence-corrected chi connectivity index (χ4v) is 0.635. The summed E-state index contributed by atoms with van der Waals surface area (Å²) in [4.78, 5) is 10.7. The summed E-state index contributed by atoms with van der Waals surface area (Å²) in [5, 5.41) is 2.65. The maximum atomic E-state index is 10.7. The van der Waals surface area contributed by atoms with Crippen molar-refractivity contribution in [2.24, 2.45) is 0 Å². The normalized spacial score (nSPS) is 8.90. The van der Waals surface area contributed by atoms with Crippen molar-refractivity contribution in [3.05, 3.63) is 12.7 Å². The van der Waals surface area contributed by atoms with Crippen molar-refractivity contribution in [2.75, 3.05) is 12.4 Å². The molecule has 0 rings (SSSR count). The highest BCUT2D eigenvalue weighted by atomic mass is 35.5. The molecule has 0 saturated heterocycles. The van der Waals surface area contributed by atoms with Crippen LogP contribution in [0.5, 0.6) is 0 Å². The van der Waals surface area contributed by atoms with Gasteiger partial charge in [0, 0.05) is 18.8 Å². The van der Waals surface area contributed by atoms with Gasteiger partial charge in [-0.2, -0.15) is 0 Å². The van der Waals surface area contributed by atoms with Crippen LogP contribution in [0.4, 0.5) is 0 Å². The Morgan fingerprint density at radius 3 is 2.90 bits per heavy atom. The molecule has 0 heterocycles. The number of amides is 1. The molecule has 0 aliphatic carbocycles. The van der Waals surface area contributed by atoms with E-state index in [2.05, 4.69) is 11.9 Å². The van der Waals surface area contributed by atoms with Gasteiger partial charge in [0.25, 0.3) is 0 Å². The smallest absolute Gasteiger partial charge is 0.220 e. The minimum atomic E-state index is 0.0422. The maximum absolute atomic E-state index is 10.7. The average Bonchev–Trinajstić information content (AvgIpc) is 1.97. The summed E-state index contributed by atoms with van der Waals surface area (Å²) in [6, 6.07) is 0. The average molecular weight is 162 g/mol. The lowest BCUT2D eigenvalue weighted by Crippen LogP contribution is -2.22. The molecule has 0 aromatic carbocycles. The van der Waals surface area contributed by atoms with Gasteiger partial charge in [0.15, 0.2) is 0 Å². The van der Waals surface area contributed by atoms with Gasteiger partial charge in [-0.05, 0) is 6.42 Å². The number of nitrogens with one attached hydrogen (secondary N) is 1. The Morgan fingerprint density at radius 1 is 1.70 bits per heavy atom. The molecular weight excluding hydrogens is 150 g/mol. The molecule has 1 N–H and O–H groups in total. The molecule has 58 valence electrons. The Labute approximate surface area is 66.3 Å². The zero-order chi connectivity index (χ0) is 7.82. The topological polar surface area (TPSA) is 29.1 Å². The van der Waals surface area contributed by atoms with Gasteiger partial charge in [-0.15, -0.1) is 18.2 Å². The number of carbonyl (C=O) groups excluding carboxylic acids is 1. The summed E-state index contributed by atoms with van der Waals surface area (Å²) in [6.07, 6.45) is 2.90. The molecule has 3 heteroatoms. The molecule has 0 aromatic heterocycles. The van der Waals surface area contributed by atoms with Crippen LogP contribution >= 0.6 is 11.6 Å². The van der Waals surface area contributed by atoms with Gasteiger partial charge in [0.05, 0.1) is 0 Å². The third-order valence-electron chi connectivity index (χ3n) is 0.981. The summed E-state index contributed by atoms with van der Waals surface area (Å²) in [6.45, 7) is 4.01. The summed E-state index contributed by atoms with van der Waals surface area (Å²) in [5.41, 5.74) is 0. The van der Waals surface area contributed by atoms with E-state index < -0.39 is 0 Å². The number of alkyl halides is 1. The van der Waals surface area contributed by atoms with Crippen LogP contribution in [0.3, 0.4) is 0 Å². The zero-order valence-electron chi connectivity index (χ0n) is 5.90. The minimum absolute atomic E-state index is 0.0422. The van der Waals surface area contributed by atoms with Gasteiger partial charge in [0.2, 0.25) is 5.91 Å². The van der Waals surface area contributed by atoms with Crippen LogP contribution in [0.1, 0.15) is 12.8 Å². The van der Waals surface area contributed by atoms with Crippen molar-refractivity contribution in [1.29, 1.82) is 0 Å². The third-order valence-corrected chi connectivity index (χ3v) is 1.25. The largest absolute Gasteiger partial charge is 0.353 e. The van der Waals surface area contributed by atoms with Crippen LogP contribution in [0.15, 0.2) is 12.7 Å². The summed E-state index contributed by atoms with van der Waals surface area (Å²) >= 11 is 5.38. The van der Waals surface area contributed by atoms with Crippen molar-refractivity contribution in [3.8, 4) is 0 Å². The van der Waals surface area contributed by atoms with E-state index in [0.717, 1.165) is 6.42 Å². The van der Waals surface area contributed by atoms with E-state index in [9.17, 15) is 4.79 Å². The van der Waals surface area contributed by atoms with Crippen LogP contribution in [0, 0.1) is 0 Å². The molecule has 0 aromatic rings. The number of hydrogen-bond acceptors (Lipinski definition) is 1. The SMILES string of the molecule is C=CCNC(=O)CCCCl. The van der Waals surface area contributed by atoms with Gasteiger partial charge < -0.3 is 5.32 Å². The molecule has 1 amide bonds. The molecule has 0 saturated carbocycles. The Morgan fingerprint density at radius 2 is 2.40 bits per heavy atom. The lowest BCUT2D eigenvalue weighted by atomic mass is 10.3. The van der Waals surface area contributed by atoms with Crippen LogP contribution in [-0.4, -0.2) is 18.3 Å². The fourth-order valence-electron chi connectivity index (χ4n) is 0.502. The van der Waals surface area contributed by atoms with Crippen LogP contribution in [0.25, 0.3) is 0 Å². The number of carbonyl (C=O) groups is 1.